The Morgan fingerprint density at radius 1 is 1.11 bits per heavy atom. The summed E-state index contributed by atoms with van der Waals surface area (Å²) in [4.78, 5) is 9.80. The molecule has 0 spiro atoms. The van der Waals surface area contributed by atoms with Gasteiger partial charge in [-0.2, -0.15) is 0 Å². The van der Waals surface area contributed by atoms with E-state index >= 15 is 0 Å². The standard InChI is InChI=1S/C15H24N4/c1-2-6-17-14(5-1)15(13-18-9-3-4-10-18)19-11-7-16-8-12-19/h1-2,5-6,15-16H,3-4,7-13H2. The van der Waals surface area contributed by atoms with Crippen LogP contribution in [0.25, 0.3) is 0 Å². The van der Waals surface area contributed by atoms with Gasteiger partial charge in [0.1, 0.15) is 0 Å². The number of hydrogen-bond donors (Lipinski definition) is 1. The van der Waals surface area contributed by atoms with E-state index in [-0.39, 0.29) is 0 Å². The van der Waals surface area contributed by atoms with Crippen molar-refractivity contribution in [3.8, 4) is 0 Å². The summed E-state index contributed by atoms with van der Waals surface area (Å²) in [7, 11) is 0. The smallest absolute Gasteiger partial charge is 0.0650 e. The summed E-state index contributed by atoms with van der Waals surface area (Å²) in [5.41, 5.74) is 1.23. The molecule has 2 aliphatic rings. The molecule has 2 saturated heterocycles. The molecule has 1 atom stereocenters. The number of pyridine rings is 1. The average molecular weight is 260 g/mol. The fraction of sp³-hybridized carbons (Fsp3) is 0.667. The van der Waals surface area contributed by atoms with Gasteiger partial charge in [0.15, 0.2) is 0 Å². The van der Waals surface area contributed by atoms with Gasteiger partial charge in [-0.15, -0.1) is 0 Å². The van der Waals surface area contributed by atoms with E-state index in [9.17, 15) is 0 Å². The van der Waals surface area contributed by atoms with E-state index in [0.717, 1.165) is 32.7 Å². The number of rotatable bonds is 4. The van der Waals surface area contributed by atoms with Gasteiger partial charge in [-0.05, 0) is 38.1 Å². The summed E-state index contributed by atoms with van der Waals surface area (Å²) in [6.07, 6.45) is 4.64. The molecule has 0 radical (unpaired) electrons. The number of piperazine rings is 1. The molecule has 1 aromatic rings. The quantitative estimate of drug-likeness (QED) is 0.879. The monoisotopic (exact) mass is 260 g/mol. The molecule has 1 N–H and O–H groups in total. The van der Waals surface area contributed by atoms with Crippen molar-refractivity contribution in [1.29, 1.82) is 0 Å². The summed E-state index contributed by atoms with van der Waals surface area (Å²) >= 11 is 0. The van der Waals surface area contributed by atoms with Crippen LogP contribution < -0.4 is 5.32 Å². The second kappa shape index (κ2) is 6.46. The van der Waals surface area contributed by atoms with Crippen molar-refractivity contribution in [2.24, 2.45) is 0 Å². The van der Waals surface area contributed by atoms with Gasteiger partial charge in [-0.25, -0.2) is 0 Å². The van der Waals surface area contributed by atoms with Gasteiger partial charge < -0.3 is 10.2 Å². The Hall–Kier alpha value is -0.970. The number of nitrogens with zero attached hydrogens (tertiary/aromatic N) is 3. The van der Waals surface area contributed by atoms with Crippen LogP contribution in [0, 0.1) is 0 Å². The number of aromatic nitrogens is 1. The molecule has 1 unspecified atom stereocenters. The third-order valence-corrected chi connectivity index (χ3v) is 4.25. The summed E-state index contributed by atoms with van der Waals surface area (Å²) in [6.45, 7) is 8.12. The Balaban J connectivity index is 1.73. The van der Waals surface area contributed by atoms with Crippen molar-refractivity contribution in [3.05, 3.63) is 30.1 Å². The van der Waals surface area contributed by atoms with Crippen molar-refractivity contribution >= 4 is 0 Å². The first-order valence-electron chi connectivity index (χ1n) is 7.51. The van der Waals surface area contributed by atoms with Gasteiger partial charge >= 0.3 is 0 Å². The van der Waals surface area contributed by atoms with Gasteiger partial charge in [0.2, 0.25) is 0 Å². The molecule has 0 aliphatic carbocycles. The van der Waals surface area contributed by atoms with E-state index in [0.29, 0.717) is 6.04 Å². The molecular weight excluding hydrogens is 236 g/mol. The minimum Gasteiger partial charge on any atom is -0.314 e. The fourth-order valence-electron chi connectivity index (χ4n) is 3.17. The van der Waals surface area contributed by atoms with Crippen molar-refractivity contribution in [2.75, 3.05) is 45.8 Å². The summed E-state index contributed by atoms with van der Waals surface area (Å²) in [5.74, 6) is 0. The highest BCUT2D eigenvalue weighted by atomic mass is 15.3. The van der Waals surface area contributed by atoms with Crippen LogP contribution in [0.15, 0.2) is 24.4 Å². The van der Waals surface area contributed by atoms with Crippen molar-refractivity contribution in [1.82, 2.24) is 20.1 Å². The van der Waals surface area contributed by atoms with E-state index in [1.54, 1.807) is 0 Å². The number of likely N-dealkylation sites (tertiary alicyclic amines) is 1. The molecule has 104 valence electrons. The minimum absolute atomic E-state index is 0.460. The maximum atomic E-state index is 4.61. The predicted octanol–water partition coefficient (Wildman–Crippen LogP) is 1.12. The van der Waals surface area contributed by atoms with Crippen LogP contribution in [-0.4, -0.2) is 60.6 Å². The molecule has 0 aromatic carbocycles. The summed E-state index contributed by atoms with van der Waals surface area (Å²) in [5, 5.41) is 3.44. The lowest BCUT2D eigenvalue weighted by Crippen LogP contribution is -2.48. The molecule has 1 aromatic heterocycles. The second-order valence-electron chi connectivity index (χ2n) is 5.56. The van der Waals surface area contributed by atoms with Crippen LogP contribution in [0.3, 0.4) is 0 Å². The first-order valence-corrected chi connectivity index (χ1v) is 7.51. The fourth-order valence-corrected chi connectivity index (χ4v) is 3.17. The highest BCUT2D eigenvalue weighted by molar-refractivity contribution is 5.10. The molecule has 0 saturated carbocycles. The first-order chi connectivity index (χ1) is 9.43. The molecule has 4 heteroatoms. The lowest BCUT2D eigenvalue weighted by Gasteiger charge is -2.36. The van der Waals surface area contributed by atoms with Crippen LogP contribution in [0.4, 0.5) is 0 Å². The Labute approximate surface area is 115 Å². The molecule has 0 amide bonds. The van der Waals surface area contributed by atoms with E-state index in [2.05, 4.69) is 32.2 Å². The highest BCUT2D eigenvalue weighted by Crippen LogP contribution is 2.22. The molecule has 2 aliphatic heterocycles. The van der Waals surface area contributed by atoms with Crippen molar-refractivity contribution in [3.63, 3.8) is 0 Å². The van der Waals surface area contributed by atoms with E-state index in [1.807, 2.05) is 12.3 Å². The van der Waals surface area contributed by atoms with Crippen LogP contribution in [0.2, 0.25) is 0 Å². The van der Waals surface area contributed by atoms with Gasteiger partial charge in [0, 0.05) is 38.9 Å². The van der Waals surface area contributed by atoms with Gasteiger partial charge in [0.05, 0.1) is 11.7 Å². The van der Waals surface area contributed by atoms with Gasteiger partial charge in [-0.3, -0.25) is 9.88 Å². The maximum Gasteiger partial charge on any atom is 0.0650 e. The topological polar surface area (TPSA) is 31.4 Å². The zero-order chi connectivity index (χ0) is 12.9. The largest absolute Gasteiger partial charge is 0.314 e. The number of hydrogen-bond acceptors (Lipinski definition) is 4. The minimum atomic E-state index is 0.460. The Morgan fingerprint density at radius 2 is 1.89 bits per heavy atom. The molecule has 3 heterocycles. The summed E-state index contributed by atoms with van der Waals surface area (Å²) < 4.78 is 0. The SMILES string of the molecule is c1ccc(C(CN2CCCC2)N2CCNCC2)nc1. The molecule has 19 heavy (non-hydrogen) atoms. The normalized spacial score (nSPS) is 23.6. The molecule has 2 fully saturated rings. The summed E-state index contributed by atoms with van der Waals surface area (Å²) in [6, 6.07) is 6.76. The lowest BCUT2D eigenvalue weighted by molar-refractivity contribution is 0.132. The Morgan fingerprint density at radius 3 is 2.58 bits per heavy atom. The Kier molecular flexibility index (Phi) is 4.43. The van der Waals surface area contributed by atoms with Gasteiger partial charge in [0.25, 0.3) is 0 Å². The van der Waals surface area contributed by atoms with E-state index in [4.69, 9.17) is 0 Å². The highest BCUT2D eigenvalue weighted by Gasteiger charge is 2.26. The molecule has 4 nitrogen and oxygen atoms in total. The van der Waals surface area contributed by atoms with Gasteiger partial charge in [-0.1, -0.05) is 6.07 Å². The lowest BCUT2D eigenvalue weighted by atomic mass is 10.1. The van der Waals surface area contributed by atoms with Crippen LogP contribution >= 0.6 is 0 Å². The third-order valence-electron chi connectivity index (χ3n) is 4.25. The number of nitrogens with one attached hydrogen (secondary N) is 1. The third kappa shape index (κ3) is 3.32. The average Bonchev–Trinajstić information content (AvgIpc) is 3.00. The molecule has 3 rings (SSSR count). The second-order valence-corrected chi connectivity index (χ2v) is 5.56. The van der Waals surface area contributed by atoms with E-state index < -0.39 is 0 Å². The maximum absolute atomic E-state index is 4.61. The zero-order valence-corrected chi connectivity index (χ0v) is 11.6. The van der Waals surface area contributed by atoms with E-state index in [1.165, 1.54) is 31.6 Å². The predicted molar refractivity (Wildman–Crippen MR) is 77.1 cm³/mol. The van der Waals surface area contributed by atoms with Crippen molar-refractivity contribution < 1.29 is 0 Å². The zero-order valence-electron chi connectivity index (χ0n) is 11.6. The van der Waals surface area contributed by atoms with Crippen molar-refractivity contribution in [2.45, 2.75) is 18.9 Å². The first kappa shape index (κ1) is 13.0. The van der Waals surface area contributed by atoms with Crippen LogP contribution in [0.1, 0.15) is 24.6 Å². The molecular formula is C15H24N4. The molecule has 0 bridgehead atoms. The Bertz CT molecular complexity index is 369. The van der Waals surface area contributed by atoms with Crippen LogP contribution in [-0.2, 0) is 0 Å². The van der Waals surface area contributed by atoms with Crippen LogP contribution in [0.5, 0.6) is 0 Å².